The normalized spacial score (nSPS) is 15.2. The van der Waals surface area contributed by atoms with Crippen molar-refractivity contribution in [1.82, 2.24) is 15.7 Å². The van der Waals surface area contributed by atoms with Gasteiger partial charge in [-0.05, 0) is 73.0 Å². The monoisotopic (exact) mass is 607 g/mol. The van der Waals surface area contributed by atoms with Crippen molar-refractivity contribution >= 4 is 63.4 Å². The summed E-state index contributed by atoms with van der Waals surface area (Å²) in [5, 5.41) is 12.3. The van der Waals surface area contributed by atoms with Crippen molar-refractivity contribution in [2.45, 2.75) is 25.4 Å². The van der Waals surface area contributed by atoms with Gasteiger partial charge in [-0.2, -0.15) is 5.10 Å². The molecule has 5 N–H and O–H groups in total. The molecule has 218 valence electrons. The number of anilines is 2. The SMILES string of the molecule is COC(=O)Nc1ccc(C2=CC(C(Cc3ccc(C)nc3)NC(=O)/C=C/c3cc(Cl)ccc3N(C)N)NN=C2Cl)cc1. The lowest BCUT2D eigenvalue weighted by atomic mass is 9.95. The van der Waals surface area contributed by atoms with Crippen LogP contribution in [0.2, 0.25) is 5.02 Å². The number of pyridine rings is 1. The molecule has 2 amide bonds. The van der Waals surface area contributed by atoms with Crippen LogP contribution in [0.15, 0.2) is 78.0 Å². The minimum atomic E-state index is -0.566. The average molecular weight is 609 g/mol. The molecule has 12 heteroatoms. The molecule has 1 aliphatic heterocycles. The molecule has 1 aliphatic rings. The van der Waals surface area contributed by atoms with Crippen LogP contribution in [0.1, 0.15) is 22.4 Å². The number of carbonyl (C=O) groups is 2. The van der Waals surface area contributed by atoms with Gasteiger partial charge < -0.3 is 15.1 Å². The second-order valence-corrected chi connectivity index (χ2v) is 10.4. The number of hydrogen-bond acceptors (Lipinski definition) is 8. The molecule has 2 unspecified atom stereocenters. The highest BCUT2D eigenvalue weighted by Gasteiger charge is 2.26. The molecule has 0 aliphatic carbocycles. The number of aryl methyl sites for hydroxylation is 1. The molecule has 10 nitrogen and oxygen atoms in total. The van der Waals surface area contributed by atoms with Crippen LogP contribution in [0.4, 0.5) is 16.2 Å². The number of allylic oxidation sites excluding steroid dienone is 1. The lowest BCUT2D eigenvalue weighted by Crippen LogP contribution is -2.50. The van der Waals surface area contributed by atoms with E-state index in [1.807, 2.05) is 37.3 Å². The molecule has 0 saturated carbocycles. The van der Waals surface area contributed by atoms with E-state index in [0.29, 0.717) is 34.0 Å². The molecule has 3 aromatic rings. The van der Waals surface area contributed by atoms with E-state index in [1.165, 1.54) is 18.2 Å². The standard InChI is InChI=1S/C30H31Cl2N7O3/c1-18-4-5-19(17-34-18)14-25(36-28(40)13-8-21-15-22(31)9-12-27(21)39(2)33)26-16-24(29(32)38-37-26)20-6-10-23(11-7-20)35-30(41)42-3/h4-13,15-17,25-26,37H,14,33H2,1-3H3,(H,35,41)(H,36,40)/b13-8+. The summed E-state index contributed by atoms with van der Waals surface area (Å²) >= 11 is 12.7. The number of hydrazone groups is 1. The quantitative estimate of drug-likeness (QED) is 0.155. The van der Waals surface area contributed by atoms with Crippen LogP contribution < -0.4 is 26.9 Å². The molecule has 2 atom stereocenters. The maximum absolute atomic E-state index is 13.2. The van der Waals surface area contributed by atoms with E-state index >= 15 is 0 Å². The minimum Gasteiger partial charge on any atom is -0.453 e. The van der Waals surface area contributed by atoms with Gasteiger partial charge in [0, 0.05) is 46.9 Å². The fourth-order valence-electron chi connectivity index (χ4n) is 4.32. The highest BCUT2D eigenvalue weighted by atomic mass is 35.5. The summed E-state index contributed by atoms with van der Waals surface area (Å²) in [6.07, 6.45) is 6.72. The fraction of sp³-hybridized carbons (Fsp3) is 0.200. The first kappa shape index (κ1) is 30.6. The van der Waals surface area contributed by atoms with Gasteiger partial charge in [0.15, 0.2) is 5.17 Å². The molecule has 1 aromatic heterocycles. The van der Waals surface area contributed by atoms with Gasteiger partial charge in [-0.1, -0.05) is 41.4 Å². The first-order valence-electron chi connectivity index (χ1n) is 13.0. The predicted octanol–water partition coefficient (Wildman–Crippen LogP) is 4.88. The lowest BCUT2D eigenvalue weighted by Gasteiger charge is -2.29. The zero-order valence-corrected chi connectivity index (χ0v) is 24.8. The van der Waals surface area contributed by atoms with Crippen LogP contribution in [0.25, 0.3) is 11.6 Å². The smallest absolute Gasteiger partial charge is 0.411 e. The molecular weight excluding hydrogens is 577 g/mol. The average Bonchev–Trinajstić information content (AvgIpc) is 2.97. The zero-order valence-electron chi connectivity index (χ0n) is 23.3. The molecule has 0 radical (unpaired) electrons. The van der Waals surface area contributed by atoms with Crippen LogP contribution in [-0.2, 0) is 16.0 Å². The third-order valence-corrected chi connectivity index (χ3v) is 7.00. The Labute approximate surface area is 254 Å². The van der Waals surface area contributed by atoms with Gasteiger partial charge in [-0.15, -0.1) is 0 Å². The molecule has 4 rings (SSSR count). The van der Waals surface area contributed by atoms with Crippen LogP contribution in [0.3, 0.4) is 0 Å². The number of nitrogens with two attached hydrogens (primary N) is 1. The summed E-state index contributed by atoms with van der Waals surface area (Å²) in [6.45, 7) is 1.91. The van der Waals surface area contributed by atoms with Gasteiger partial charge in [0.2, 0.25) is 5.91 Å². The maximum Gasteiger partial charge on any atom is 0.411 e. The molecular formula is C30H31Cl2N7O3. The van der Waals surface area contributed by atoms with Crippen molar-refractivity contribution in [1.29, 1.82) is 0 Å². The Balaban J connectivity index is 1.59. The molecule has 0 saturated heterocycles. The number of halogens is 2. The van der Waals surface area contributed by atoms with E-state index < -0.39 is 18.2 Å². The van der Waals surface area contributed by atoms with E-state index in [1.54, 1.807) is 49.7 Å². The van der Waals surface area contributed by atoms with Crippen LogP contribution in [0.5, 0.6) is 0 Å². The highest BCUT2D eigenvalue weighted by Crippen LogP contribution is 2.26. The third-order valence-electron chi connectivity index (χ3n) is 6.48. The predicted molar refractivity (Wildman–Crippen MR) is 168 cm³/mol. The molecule has 0 bridgehead atoms. The van der Waals surface area contributed by atoms with Crippen LogP contribution >= 0.6 is 23.2 Å². The second kappa shape index (κ2) is 14.0. The number of nitrogens with one attached hydrogen (secondary N) is 3. The van der Waals surface area contributed by atoms with Crippen molar-refractivity contribution in [2.24, 2.45) is 10.9 Å². The Morgan fingerprint density at radius 2 is 1.93 bits per heavy atom. The lowest BCUT2D eigenvalue weighted by molar-refractivity contribution is -0.117. The number of methoxy groups -OCH3 is 1. The van der Waals surface area contributed by atoms with Crippen LogP contribution in [0, 0.1) is 6.92 Å². The third kappa shape index (κ3) is 8.10. The Bertz CT molecular complexity index is 1520. The van der Waals surface area contributed by atoms with Crippen molar-refractivity contribution in [3.63, 3.8) is 0 Å². The number of aromatic nitrogens is 1. The van der Waals surface area contributed by atoms with Gasteiger partial charge >= 0.3 is 6.09 Å². The first-order valence-corrected chi connectivity index (χ1v) is 13.7. The van der Waals surface area contributed by atoms with Crippen molar-refractivity contribution in [2.75, 3.05) is 24.5 Å². The number of ether oxygens (including phenoxy) is 1. The Morgan fingerprint density at radius 1 is 1.17 bits per heavy atom. The van der Waals surface area contributed by atoms with Gasteiger partial charge in [0.1, 0.15) is 0 Å². The Morgan fingerprint density at radius 3 is 2.60 bits per heavy atom. The number of nitrogens with zero attached hydrogens (tertiary/aromatic N) is 3. The van der Waals surface area contributed by atoms with E-state index in [0.717, 1.165) is 16.8 Å². The van der Waals surface area contributed by atoms with Crippen LogP contribution in [-0.4, -0.2) is 48.4 Å². The number of amides is 2. The number of carbonyl (C=O) groups excluding carboxylic acids is 2. The van der Waals surface area contributed by atoms with E-state index in [9.17, 15) is 9.59 Å². The summed E-state index contributed by atoms with van der Waals surface area (Å²) in [7, 11) is 3.00. The Hall–Kier alpha value is -4.38. The highest BCUT2D eigenvalue weighted by molar-refractivity contribution is 6.76. The number of hydrogen-bond donors (Lipinski definition) is 4. The maximum atomic E-state index is 13.2. The van der Waals surface area contributed by atoms with E-state index in [2.05, 4.69) is 30.9 Å². The molecule has 0 fully saturated rings. The van der Waals surface area contributed by atoms with Crippen molar-refractivity contribution < 1.29 is 14.3 Å². The Kier molecular flexibility index (Phi) is 10.2. The van der Waals surface area contributed by atoms with Gasteiger partial charge in [0.25, 0.3) is 0 Å². The second-order valence-electron chi connectivity index (χ2n) is 9.61. The topological polar surface area (TPSA) is 134 Å². The molecule has 42 heavy (non-hydrogen) atoms. The molecule has 2 aromatic carbocycles. The number of rotatable bonds is 9. The summed E-state index contributed by atoms with van der Waals surface area (Å²) in [5.41, 5.74) is 8.33. The van der Waals surface area contributed by atoms with E-state index in [4.69, 9.17) is 29.0 Å². The zero-order chi connectivity index (χ0) is 30.2. The summed E-state index contributed by atoms with van der Waals surface area (Å²) < 4.78 is 4.64. The number of hydrazine groups is 1. The number of benzene rings is 2. The molecule has 0 spiro atoms. The largest absolute Gasteiger partial charge is 0.453 e. The first-order chi connectivity index (χ1) is 20.1. The summed E-state index contributed by atoms with van der Waals surface area (Å²) in [6, 6.07) is 15.4. The van der Waals surface area contributed by atoms with Crippen molar-refractivity contribution in [3.05, 3.63) is 100 Å². The van der Waals surface area contributed by atoms with Gasteiger partial charge in [-0.3, -0.25) is 20.5 Å². The van der Waals surface area contributed by atoms with E-state index in [-0.39, 0.29) is 11.1 Å². The van der Waals surface area contributed by atoms with Gasteiger partial charge in [-0.25, -0.2) is 10.6 Å². The summed E-state index contributed by atoms with van der Waals surface area (Å²) in [5.74, 6) is 5.62. The summed E-state index contributed by atoms with van der Waals surface area (Å²) in [4.78, 5) is 29.1. The minimum absolute atomic E-state index is 0.265. The van der Waals surface area contributed by atoms with Crippen molar-refractivity contribution in [3.8, 4) is 0 Å². The van der Waals surface area contributed by atoms with Gasteiger partial charge in [0.05, 0.1) is 24.9 Å². The fourth-order valence-corrected chi connectivity index (χ4v) is 4.72. The molecule has 2 heterocycles.